The zero-order chi connectivity index (χ0) is 20.1. The predicted molar refractivity (Wildman–Crippen MR) is 89.6 cm³/mol. The lowest BCUT2D eigenvalue weighted by Gasteiger charge is -2.11. The third-order valence-electron chi connectivity index (χ3n) is 3.49. The number of hydrogen-bond acceptors (Lipinski definition) is 7. The van der Waals surface area contributed by atoms with Crippen LogP contribution in [0.3, 0.4) is 0 Å². The van der Waals surface area contributed by atoms with Crippen LogP contribution < -0.4 is 4.74 Å². The number of esters is 2. The molecule has 9 nitrogen and oxygen atoms in total. The first-order valence-electron chi connectivity index (χ1n) is 7.37. The van der Waals surface area contributed by atoms with E-state index in [1.807, 2.05) is 0 Å². The lowest BCUT2D eigenvalue weighted by Crippen LogP contribution is -2.11. The van der Waals surface area contributed by atoms with E-state index >= 15 is 0 Å². The van der Waals surface area contributed by atoms with Crippen molar-refractivity contribution < 1.29 is 43.6 Å². The Morgan fingerprint density at radius 2 is 1.04 bits per heavy atom. The highest BCUT2D eigenvalue weighted by atomic mass is 16.5. The van der Waals surface area contributed by atoms with E-state index in [9.17, 15) is 19.2 Å². The Labute approximate surface area is 152 Å². The largest absolute Gasteiger partial charge is 0.478 e. The zero-order valence-corrected chi connectivity index (χ0v) is 14.2. The molecule has 0 atom stereocenters. The van der Waals surface area contributed by atoms with E-state index in [2.05, 4.69) is 9.47 Å². The van der Waals surface area contributed by atoms with Gasteiger partial charge in [0.2, 0.25) is 0 Å². The molecule has 0 spiro atoms. The summed E-state index contributed by atoms with van der Waals surface area (Å²) in [7, 11) is 2.21. The molecule has 0 aromatic heterocycles. The summed E-state index contributed by atoms with van der Waals surface area (Å²) in [6.07, 6.45) is 0. The van der Waals surface area contributed by atoms with Gasteiger partial charge in [0.15, 0.2) is 0 Å². The standard InChI is InChI=1S/C18H14O9/c1-25-17(23)13-7-9(3-5-11(13)15(19)20)27-10-4-6-12(16(21)22)14(8-10)18(24)26-2/h3-8H,1-2H3,(H,19,20)(H,21,22). The number of aromatic carboxylic acids is 2. The Morgan fingerprint density at radius 3 is 1.33 bits per heavy atom. The van der Waals surface area contributed by atoms with Crippen LogP contribution in [0, 0.1) is 0 Å². The van der Waals surface area contributed by atoms with E-state index in [-0.39, 0.29) is 33.8 Å². The Kier molecular flexibility index (Phi) is 5.76. The van der Waals surface area contributed by atoms with Gasteiger partial charge in [-0.05, 0) is 36.4 Å². The van der Waals surface area contributed by atoms with Gasteiger partial charge in [0.1, 0.15) is 11.5 Å². The van der Waals surface area contributed by atoms with Gasteiger partial charge in [-0.2, -0.15) is 0 Å². The van der Waals surface area contributed by atoms with Crippen molar-refractivity contribution in [1.29, 1.82) is 0 Å². The Bertz CT molecular complexity index is 855. The fraction of sp³-hybridized carbons (Fsp3) is 0.111. The number of carbonyl (C=O) groups excluding carboxylic acids is 2. The van der Waals surface area contributed by atoms with Crippen LogP contribution in [0.4, 0.5) is 0 Å². The van der Waals surface area contributed by atoms with Crippen LogP contribution in [-0.4, -0.2) is 48.3 Å². The number of carboxylic acid groups (broad SMARTS) is 2. The summed E-state index contributed by atoms with van der Waals surface area (Å²) in [5, 5.41) is 18.3. The molecule has 0 bridgehead atoms. The first-order chi connectivity index (χ1) is 12.8. The molecule has 0 fully saturated rings. The van der Waals surface area contributed by atoms with Crippen LogP contribution in [0.2, 0.25) is 0 Å². The molecule has 2 aromatic rings. The Morgan fingerprint density at radius 1 is 0.667 bits per heavy atom. The molecule has 0 saturated carbocycles. The summed E-state index contributed by atoms with van der Waals surface area (Å²) >= 11 is 0. The van der Waals surface area contributed by atoms with Crippen LogP contribution in [0.25, 0.3) is 0 Å². The van der Waals surface area contributed by atoms with E-state index in [0.717, 1.165) is 38.5 Å². The minimum Gasteiger partial charge on any atom is -0.478 e. The van der Waals surface area contributed by atoms with Crippen molar-refractivity contribution in [3.05, 3.63) is 58.7 Å². The molecule has 0 heterocycles. The lowest BCUT2D eigenvalue weighted by atomic mass is 10.1. The van der Waals surface area contributed by atoms with E-state index in [1.165, 1.54) is 12.1 Å². The van der Waals surface area contributed by atoms with Crippen LogP contribution in [-0.2, 0) is 9.47 Å². The smallest absolute Gasteiger partial charge is 0.338 e. The van der Waals surface area contributed by atoms with E-state index in [1.54, 1.807) is 0 Å². The molecule has 0 saturated heterocycles. The molecule has 140 valence electrons. The third-order valence-corrected chi connectivity index (χ3v) is 3.49. The first kappa shape index (κ1) is 19.4. The number of ether oxygens (including phenoxy) is 3. The highest BCUT2D eigenvalue weighted by molar-refractivity contribution is 6.03. The fourth-order valence-corrected chi connectivity index (χ4v) is 2.24. The average Bonchev–Trinajstić information content (AvgIpc) is 2.66. The molecule has 0 aliphatic rings. The Hall–Kier alpha value is -3.88. The minimum atomic E-state index is -1.32. The van der Waals surface area contributed by atoms with Gasteiger partial charge in [-0.3, -0.25) is 0 Å². The molecule has 0 radical (unpaired) electrons. The van der Waals surface area contributed by atoms with Crippen molar-refractivity contribution in [3.8, 4) is 11.5 Å². The van der Waals surface area contributed by atoms with E-state index in [4.69, 9.17) is 14.9 Å². The van der Waals surface area contributed by atoms with Gasteiger partial charge < -0.3 is 24.4 Å². The van der Waals surface area contributed by atoms with Crippen molar-refractivity contribution in [2.24, 2.45) is 0 Å². The number of carbonyl (C=O) groups is 4. The molecule has 0 unspecified atom stereocenters. The number of carboxylic acids is 2. The predicted octanol–water partition coefficient (Wildman–Crippen LogP) is 2.45. The molecular formula is C18H14O9. The van der Waals surface area contributed by atoms with Gasteiger partial charge in [0, 0.05) is 0 Å². The van der Waals surface area contributed by atoms with Crippen LogP contribution in [0.15, 0.2) is 36.4 Å². The lowest BCUT2D eigenvalue weighted by molar-refractivity contribution is 0.0580. The molecule has 0 amide bonds. The van der Waals surface area contributed by atoms with Gasteiger partial charge in [-0.25, -0.2) is 19.2 Å². The zero-order valence-electron chi connectivity index (χ0n) is 14.2. The van der Waals surface area contributed by atoms with Crippen LogP contribution in [0.5, 0.6) is 11.5 Å². The monoisotopic (exact) mass is 374 g/mol. The van der Waals surface area contributed by atoms with Gasteiger partial charge in [-0.15, -0.1) is 0 Å². The van der Waals surface area contributed by atoms with E-state index in [0.29, 0.717) is 0 Å². The fourth-order valence-electron chi connectivity index (χ4n) is 2.24. The molecule has 0 aliphatic heterocycles. The Balaban J connectivity index is 2.45. The topological polar surface area (TPSA) is 136 Å². The van der Waals surface area contributed by atoms with Crippen LogP contribution in [0.1, 0.15) is 41.4 Å². The highest BCUT2D eigenvalue weighted by Crippen LogP contribution is 2.27. The highest BCUT2D eigenvalue weighted by Gasteiger charge is 2.20. The van der Waals surface area contributed by atoms with Gasteiger partial charge >= 0.3 is 23.9 Å². The second kappa shape index (κ2) is 8.00. The number of hydrogen-bond donors (Lipinski definition) is 2. The molecular weight excluding hydrogens is 360 g/mol. The quantitative estimate of drug-likeness (QED) is 0.730. The maximum Gasteiger partial charge on any atom is 0.338 e. The van der Waals surface area contributed by atoms with Gasteiger partial charge in [-0.1, -0.05) is 0 Å². The first-order valence-corrected chi connectivity index (χ1v) is 7.37. The molecule has 2 aromatic carbocycles. The van der Waals surface area contributed by atoms with Crippen molar-refractivity contribution in [3.63, 3.8) is 0 Å². The summed E-state index contributed by atoms with van der Waals surface area (Å²) in [4.78, 5) is 46.0. The summed E-state index contributed by atoms with van der Waals surface area (Å²) in [5.41, 5.74) is -0.993. The molecule has 2 N–H and O–H groups in total. The number of methoxy groups -OCH3 is 2. The maximum absolute atomic E-state index is 11.8. The normalized spacial score (nSPS) is 10.0. The SMILES string of the molecule is COC(=O)c1cc(Oc2ccc(C(=O)O)c(C(=O)OC)c2)ccc1C(=O)O. The number of benzene rings is 2. The number of rotatable bonds is 6. The van der Waals surface area contributed by atoms with Crippen molar-refractivity contribution >= 4 is 23.9 Å². The summed E-state index contributed by atoms with van der Waals surface area (Å²) in [6, 6.07) is 7.27. The van der Waals surface area contributed by atoms with Gasteiger partial charge in [0.05, 0.1) is 36.5 Å². The second-order valence-electron chi connectivity index (χ2n) is 5.11. The molecule has 27 heavy (non-hydrogen) atoms. The van der Waals surface area contributed by atoms with Gasteiger partial charge in [0.25, 0.3) is 0 Å². The summed E-state index contributed by atoms with van der Waals surface area (Å²) in [6.45, 7) is 0. The second-order valence-corrected chi connectivity index (χ2v) is 5.11. The minimum absolute atomic E-state index is 0.0827. The third kappa shape index (κ3) is 4.21. The maximum atomic E-state index is 11.8. The molecule has 2 rings (SSSR count). The van der Waals surface area contributed by atoms with Crippen molar-refractivity contribution in [2.75, 3.05) is 14.2 Å². The van der Waals surface area contributed by atoms with Crippen LogP contribution >= 0.6 is 0 Å². The molecule has 9 heteroatoms. The summed E-state index contributed by atoms with van der Waals surface area (Å²) in [5.74, 6) is -4.20. The van der Waals surface area contributed by atoms with Crippen molar-refractivity contribution in [2.45, 2.75) is 0 Å². The average molecular weight is 374 g/mol. The van der Waals surface area contributed by atoms with E-state index < -0.39 is 23.9 Å². The summed E-state index contributed by atoms with van der Waals surface area (Å²) < 4.78 is 14.6. The molecule has 0 aliphatic carbocycles. The van der Waals surface area contributed by atoms with Crippen molar-refractivity contribution in [1.82, 2.24) is 0 Å².